The van der Waals surface area contributed by atoms with Crippen molar-refractivity contribution in [3.63, 3.8) is 0 Å². The highest BCUT2D eigenvalue weighted by atomic mass is 16.2. The fourth-order valence-electron chi connectivity index (χ4n) is 4.24. The average Bonchev–Trinajstić information content (AvgIpc) is 3.01. The van der Waals surface area contributed by atoms with Crippen LogP contribution in [0.3, 0.4) is 0 Å². The number of aromatic nitrogens is 1. The van der Waals surface area contributed by atoms with Crippen LogP contribution in [0.15, 0.2) is 90.9 Å². The SMILES string of the molecule is CCC/C=C(/NC(C)C(=O)NCC(=O)C(=O)NCc1ccccc1)[C@H](Cc1ccccc1C)NC(=O)c1ccncc1. The predicted octanol–water partition coefficient (Wildman–Crippen LogP) is 3.39. The smallest absolute Gasteiger partial charge is 0.289 e. The molecule has 3 aromatic rings. The van der Waals surface area contributed by atoms with Gasteiger partial charge in [0.25, 0.3) is 11.8 Å². The summed E-state index contributed by atoms with van der Waals surface area (Å²) in [6.07, 6.45) is 7.21. The van der Waals surface area contributed by atoms with Crippen LogP contribution in [0.1, 0.15) is 53.7 Å². The van der Waals surface area contributed by atoms with E-state index in [1.54, 1.807) is 31.5 Å². The van der Waals surface area contributed by atoms with E-state index in [2.05, 4.69) is 26.3 Å². The number of aryl methyl sites for hydroxylation is 1. The largest absolute Gasteiger partial charge is 0.376 e. The van der Waals surface area contributed by atoms with Crippen LogP contribution in [-0.2, 0) is 27.3 Å². The molecule has 3 amide bonds. The summed E-state index contributed by atoms with van der Waals surface area (Å²) in [5, 5.41) is 11.5. The van der Waals surface area contributed by atoms with E-state index in [1.165, 1.54) is 0 Å². The van der Waals surface area contributed by atoms with Gasteiger partial charge < -0.3 is 21.3 Å². The van der Waals surface area contributed by atoms with Gasteiger partial charge in [-0.1, -0.05) is 74.0 Å². The number of carbonyl (C=O) groups is 4. The Kier molecular flexibility index (Phi) is 12.4. The van der Waals surface area contributed by atoms with Gasteiger partial charge in [0.1, 0.15) is 6.04 Å². The normalized spacial score (nSPS) is 12.5. The van der Waals surface area contributed by atoms with Gasteiger partial charge in [0.15, 0.2) is 0 Å². The molecule has 1 unspecified atom stereocenters. The summed E-state index contributed by atoms with van der Waals surface area (Å²) in [7, 11) is 0. The number of Topliss-reactive ketones (excluding diaryl/α,β-unsaturated/α-hetero) is 1. The second-order valence-electron chi connectivity index (χ2n) is 10.0. The van der Waals surface area contributed by atoms with Crippen molar-refractivity contribution in [1.82, 2.24) is 26.3 Å². The molecule has 9 nitrogen and oxygen atoms in total. The van der Waals surface area contributed by atoms with Crippen molar-refractivity contribution in [2.24, 2.45) is 0 Å². The standard InChI is InChI=1S/C33H39N5O4/c1-4-5-15-28(29(20-27-14-10-9-11-23(27)2)38-32(41)26-16-18-34-19-17-26)37-24(3)31(40)36-22-30(39)33(42)35-21-25-12-7-6-8-13-25/h6-19,24,29,37H,4-5,20-22H2,1-3H3,(H,35,42)(H,36,40)(H,38,41)/b28-15+/t24?,29-/m0/s1. The molecule has 0 fully saturated rings. The maximum atomic E-state index is 13.2. The van der Waals surface area contributed by atoms with E-state index >= 15 is 0 Å². The highest BCUT2D eigenvalue weighted by molar-refractivity contribution is 6.37. The van der Waals surface area contributed by atoms with Crippen molar-refractivity contribution in [3.8, 4) is 0 Å². The van der Waals surface area contributed by atoms with Gasteiger partial charge in [-0.15, -0.1) is 0 Å². The number of ketones is 1. The number of carbonyl (C=O) groups excluding carboxylic acids is 4. The number of nitrogens with one attached hydrogen (secondary N) is 4. The van der Waals surface area contributed by atoms with Crippen molar-refractivity contribution in [3.05, 3.63) is 113 Å². The third-order valence-electron chi connectivity index (χ3n) is 6.71. The van der Waals surface area contributed by atoms with Gasteiger partial charge in [-0.2, -0.15) is 0 Å². The van der Waals surface area contributed by atoms with Crippen LogP contribution >= 0.6 is 0 Å². The maximum absolute atomic E-state index is 13.2. The van der Waals surface area contributed by atoms with Crippen LogP contribution in [0.5, 0.6) is 0 Å². The van der Waals surface area contributed by atoms with E-state index in [4.69, 9.17) is 0 Å². The lowest BCUT2D eigenvalue weighted by atomic mass is 9.97. The maximum Gasteiger partial charge on any atom is 0.289 e. The first-order valence-electron chi connectivity index (χ1n) is 14.1. The monoisotopic (exact) mass is 569 g/mol. The zero-order valence-electron chi connectivity index (χ0n) is 24.4. The number of allylic oxidation sites excluding steroid dienone is 1. The van der Waals surface area contributed by atoms with Gasteiger partial charge in [-0.05, 0) is 55.5 Å². The van der Waals surface area contributed by atoms with E-state index in [9.17, 15) is 19.2 Å². The van der Waals surface area contributed by atoms with E-state index in [-0.39, 0.29) is 12.5 Å². The Morgan fingerprint density at radius 1 is 0.881 bits per heavy atom. The number of unbranched alkanes of at least 4 members (excludes halogenated alkanes) is 1. The van der Waals surface area contributed by atoms with Gasteiger partial charge >= 0.3 is 0 Å². The molecule has 220 valence electrons. The summed E-state index contributed by atoms with van der Waals surface area (Å²) in [6, 6.07) is 19.3. The number of rotatable bonds is 15. The Morgan fingerprint density at radius 3 is 2.26 bits per heavy atom. The quantitative estimate of drug-likeness (QED) is 0.208. The first-order chi connectivity index (χ1) is 20.3. The van der Waals surface area contributed by atoms with Crippen LogP contribution < -0.4 is 21.3 Å². The Labute approximate surface area is 247 Å². The summed E-state index contributed by atoms with van der Waals surface area (Å²) in [5.41, 5.74) is 4.18. The van der Waals surface area contributed by atoms with Crippen molar-refractivity contribution >= 4 is 23.5 Å². The van der Waals surface area contributed by atoms with Crippen molar-refractivity contribution in [2.45, 2.75) is 58.7 Å². The molecule has 0 aliphatic heterocycles. The minimum absolute atomic E-state index is 0.219. The van der Waals surface area contributed by atoms with Crippen molar-refractivity contribution in [1.29, 1.82) is 0 Å². The highest BCUT2D eigenvalue weighted by Crippen LogP contribution is 2.16. The van der Waals surface area contributed by atoms with Gasteiger partial charge in [0, 0.05) is 30.2 Å². The summed E-state index contributed by atoms with van der Waals surface area (Å²) < 4.78 is 0. The second-order valence-corrected chi connectivity index (χ2v) is 10.0. The zero-order chi connectivity index (χ0) is 30.3. The van der Waals surface area contributed by atoms with Crippen LogP contribution in [0, 0.1) is 6.92 Å². The zero-order valence-corrected chi connectivity index (χ0v) is 24.4. The van der Waals surface area contributed by atoms with Crippen LogP contribution in [0.25, 0.3) is 0 Å². The van der Waals surface area contributed by atoms with Gasteiger partial charge in [-0.3, -0.25) is 24.2 Å². The van der Waals surface area contributed by atoms with E-state index in [0.29, 0.717) is 17.7 Å². The number of amides is 3. The molecule has 42 heavy (non-hydrogen) atoms. The van der Waals surface area contributed by atoms with Crippen LogP contribution in [-0.4, -0.2) is 47.1 Å². The molecule has 0 saturated carbocycles. The third-order valence-corrected chi connectivity index (χ3v) is 6.71. The van der Waals surface area contributed by atoms with Gasteiger partial charge in [0.2, 0.25) is 11.7 Å². The minimum Gasteiger partial charge on any atom is -0.376 e. The summed E-state index contributed by atoms with van der Waals surface area (Å²) in [6.45, 7) is 5.53. The van der Waals surface area contributed by atoms with Crippen molar-refractivity contribution in [2.75, 3.05) is 6.54 Å². The number of hydrogen-bond acceptors (Lipinski definition) is 6. The topological polar surface area (TPSA) is 129 Å². The summed E-state index contributed by atoms with van der Waals surface area (Å²) in [4.78, 5) is 54.7. The molecule has 1 heterocycles. The number of nitrogens with zero attached hydrogens (tertiary/aromatic N) is 1. The van der Waals surface area contributed by atoms with E-state index in [0.717, 1.165) is 29.5 Å². The number of pyridine rings is 1. The molecule has 3 rings (SSSR count). The Hall–Kier alpha value is -4.79. The third kappa shape index (κ3) is 9.99. The predicted molar refractivity (Wildman–Crippen MR) is 162 cm³/mol. The lowest BCUT2D eigenvalue weighted by Gasteiger charge is -2.27. The van der Waals surface area contributed by atoms with Crippen LogP contribution in [0.4, 0.5) is 0 Å². The molecule has 0 spiro atoms. The molecule has 9 heteroatoms. The first kappa shape index (κ1) is 31.7. The molecule has 1 aromatic heterocycles. The highest BCUT2D eigenvalue weighted by Gasteiger charge is 2.24. The first-order valence-corrected chi connectivity index (χ1v) is 14.1. The Bertz CT molecular complexity index is 1380. The molecule has 0 bridgehead atoms. The Balaban J connectivity index is 1.68. The Morgan fingerprint density at radius 2 is 1.57 bits per heavy atom. The van der Waals surface area contributed by atoms with Crippen molar-refractivity contribution < 1.29 is 19.2 Å². The lowest BCUT2D eigenvalue weighted by molar-refractivity contribution is -0.138. The molecular formula is C33H39N5O4. The molecule has 0 radical (unpaired) electrons. The fourth-order valence-corrected chi connectivity index (χ4v) is 4.24. The molecule has 0 aliphatic carbocycles. The number of benzene rings is 2. The molecule has 2 atom stereocenters. The molecular weight excluding hydrogens is 530 g/mol. The van der Waals surface area contributed by atoms with E-state index < -0.39 is 36.2 Å². The molecule has 4 N–H and O–H groups in total. The summed E-state index contributed by atoms with van der Waals surface area (Å²) in [5.74, 6) is -2.21. The van der Waals surface area contributed by atoms with Crippen LogP contribution in [0.2, 0.25) is 0 Å². The lowest BCUT2D eigenvalue weighted by Crippen LogP contribution is -2.49. The van der Waals surface area contributed by atoms with Gasteiger partial charge in [-0.25, -0.2) is 0 Å². The number of hydrogen-bond donors (Lipinski definition) is 4. The van der Waals surface area contributed by atoms with Gasteiger partial charge in [0.05, 0.1) is 12.6 Å². The second kappa shape index (κ2) is 16.5. The molecule has 0 saturated heterocycles. The molecule has 0 aliphatic rings. The minimum atomic E-state index is -0.764. The van der Waals surface area contributed by atoms with E-state index in [1.807, 2.05) is 74.5 Å². The average molecular weight is 570 g/mol. The molecule has 2 aromatic carbocycles. The summed E-state index contributed by atoms with van der Waals surface area (Å²) >= 11 is 0. The fraction of sp³-hybridized carbons (Fsp3) is 0.303.